The van der Waals surface area contributed by atoms with Gasteiger partial charge in [0.05, 0.1) is 11.7 Å². The molecule has 2 atom stereocenters. The number of nitrogens with zero attached hydrogens (tertiary/aromatic N) is 4. The van der Waals surface area contributed by atoms with E-state index < -0.39 is 11.4 Å². The molecule has 3 heterocycles. The van der Waals surface area contributed by atoms with E-state index in [1.807, 2.05) is 0 Å². The normalized spacial score (nSPS) is 29.0. The highest BCUT2D eigenvalue weighted by molar-refractivity contribution is 5.84. The van der Waals surface area contributed by atoms with Gasteiger partial charge >= 0.3 is 5.97 Å². The van der Waals surface area contributed by atoms with Crippen LogP contribution in [-0.2, 0) is 4.79 Å². The SMILES string of the molecule is O=C(O)[C@@]12CCC[C@H]1CN(c1ncnc3nc[nH]c13)C2. The Morgan fingerprint density at radius 3 is 3.15 bits per heavy atom. The zero-order chi connectivity index (χ0) is 13.7. The Kier molecular flexibility index (Phi) is 2.27. The maximum atomic E-state index is 11.7. The number of fused-ring (bicyclic) bond motifs is 2. The predicted octanol–water partition coefficient (Wildman–Crippen LogP) is 1.04. The lowest BCUT2D eigenvalue weighted by Gasteiger charge is -2.23. The van der Waals surface area contributed by atoms with E-state index in [1.165, 1.54) is 6.33 Å². The molecule has 2 aliphatic rings. The summed E-state index contributed by atoms with van der Waals surface area (Å²) in [6.07, 6.45) is 5.83. The molecule has 1 saturated heterocycles. The van der Waals surface area contributed by atoms with Crippen LogP contribution in [0.25, 0.3) is 11.2 Å². The van der Waals surface area contributed by atoms with Crippen molar-refractivity contribution in [2.45, 2.75) is 19.3 Å². The number of aliphatic carboxylic acids is 1. The van der Waals surface area contributed by atoms with Gasteiger partial charge in [-0.25, -0.2) is 15.0 Å². The molecule has 1 aliphatic carbocycles. The first-order valence-electron chi connectivity index (χ1n) is 6.83. The van der Waals surface area contributed by atoms with Crippen molar-refractivity contribution in [3.63, 3.8) is 0 Å². The molecule has 0 bridgehead atoms. The zero-order valence-electron chi connectivity index (χ0n) is 10.9. The minimum Gasteiger partial charge on any atom is -0.481 e. The fraction of sp³-hybridized carbons (Fsp3) is 0.538. The minimum atomic E-state index is -0.669. The number of rotatable bonds is 2. The molecule has 1 saturated carbocycles. The summed E-state index contributed by atoms with van der Waals surface area (Å²) in [5.41, 5.74) is 0.807. The Bertz CT molecular complexity index is 684. The highest BCUT2D eigenvalue weighted by atomic mass is 16.4. The number of carbonyl (C=O) groups is 1. The number of carboxylic acids is 1. The van der Waals surface area contributed by atoms with Gasteiger partial charge in [0, 0.05) is 13.1 Å². The summed E-state index contributed by atoms with van der Waals surface area (Å²) in [6.45, 7) is 1.27. The number of nitrogens with one attached hydrogen (secondary N) is 1. The first-order chi connectivity index (χ1) is 9.71. The second-order valence-corrected chi connectivity index (χ2v) is 5.73. The molecule has 7 heteroatoms. The fourth-order valence-corrected chi connectivity index (χ4v) is 3.79. The molecule has 104 valence electrons. The summed E-state index contributed by atoms with van der Waals surface area (Å²) in [6, 6.07) is 0. The number of anilines is 1. The van der Waals surface area contributed by atoms with Crippen LogP contribution in [0.3, 0.4) is 0 Å². The van der Waals surface area contributed by atoms with E-state index in [1.54, 1.807) is 6.33 Å². The average Bonchev–Trinajstić information content (AvgIpc) is 3.11. The van der Waals surface area contributed by atoms with E-state index in [-0.39, 0.29) is 5.92 Å². The van der Waals surface area contributed by atoms with Crippen LogP contribution in [0.2, 0.25) is 0 Å². The molecule has 20 heavy (non-hydrogen) atoms. The third kappa shape index (κ3) is 1.40. The molecule has 0 amide bonds. The summed E-state index contributed by atoms with van der Waals surface area (Å²) in [4.78, 5) is 29.4. The largest absolute Gasteiger partial charge is 0.481 e. The third-order valence-electron chi connectivity index (χ3n) is 4.80. The molecular weight excluding hydrogens is 258 g/mol. The molecule has 0 unspecified atom stereocenters. The van der Waals surface area contributed by atoms with Crippen molar-refractivity contribution in [2.24, 2.45) is 11.3 Å². The quantitative estimate of drug-likeness (QED) is 0.849. The standard InChI is InChI=1S/C13H15N5O2/c19-12(20)13-3-1-2-8(13)4-18(5-13)11-9-10(15-6-14-9)16-7-17-11/h6-8H,1-5H2,(H,19,20)(H,14,15,16,17)/t8-,13+/m0/s1. The molecule has 2 aromatic rings. The first-order valence-corrected chi connectivity index (χ1v) is 6.83. The van der Waals surface area contributed by atoms with Gasteiger partial charge in [0.15, 0.2) is 11.5 Å². The van der Waals surface area contributed by atoms with Crippen molar-refractivity contribution < 1.29 is 9.90 Å². The smallest absolute Gasteiger partial charge is 0.311 e. The van der Waals surface area contributed by atoms with Gasteiger partial charge in [-0.05, 0) is 18.8 Å². The second-order valence-electron chi connectivity index (χ2n) is 5.73. The summed E-state index contributed by atoms with van der Waals surface area (Å²) in [5.74, 6) is 0.313. The lowest BCUT2D eigenvalue weighted by atomic mass is 9.81. The zero-order valence-corrected chi connectivity index (χ0v) is 10.9. The van der Waals surface area contributed by atoms with Crippen LogP contribution >= 0.6 is 0 Å². The number of H-pyrrole nitrogens is 1. The van der Waals surface area contributed by atoms with E-state index in [9.17, 15) is 9.90 Å². The highest BCUT2D eigenvalue weighted by Gasteiger charge is 2.55. The monoisotopic (exact) mass is 273 g/mol. The molecule has 2 fully saturated rings. The van der Waals surface area contributed by atoms with E-state index in [0.717, 1.165) is 37.1 Å². The highest BCUT2D eigenvalue weighted by Crippen LogP contribution is 2.49. The van der Waals surface area contributed by atoms with Crippen molar-refractivity contribution >= 4 is 23.0 Å². The van der Waals surface area contributed by atoms with E-state index in [0.29, 0.717) is 12.2 Å². The van der Waals surface area contributed by atoms with E-state index in [2.05, 4.69) is 24.8 Å². The summed E-state index contributed by atoms with van der Waals surface area (Å²) in [5, 5.41) is 9.63. The van der Waals surface area contributed by atoms with E-state index in [4.69, 9.17) is 0 Å². The van der Waals surface area contributed by atoms with Crippen LogP contribution in [0.5, 0.6) is 0 Å². The Morgan fingerprint density at radius 2 is 2.35 bits per heavy atom. The van der Waals surface area contributed by atoms with Gasteiger partial charge in [-0.2, -0.15) is 0 Å². The van der Waals surface area contributed by atoms with Gasteiger partial charge in [-0.1, -0.05) is 6.42 Å². The lowest BCUT2D eigenvalue weighted by molar-refractivity contribution is -0.149. The molecule has 0 aromatic carbocycles. The van der Waals surface area contributed by atoms with Gasteiger partial charge in [0.2, 0.25) is 0 Å². The van der Waals surface area contributed by atoms with Crippen LogP contribution in [-0.4, -0.2) is 44.1 Å². The predicted molar refractivity (Wildman–Crippen MR) is 71.3 cm³/mol. The van der Waals surface area contributed by atoms with Crippen molar-refractivity contribution in [2.75, 3.05) is 18.0 Å². The maximum Gasteiger partial charge on any atom is 0.311 e. The molecule has 0 spiro atoms. The van der Waals surface area contributed by atoms with Crippen LogP contribution in [0.1, 0.15) is 19.3 Å². The number of hydrogen-bond donors (Lipinski definition) is 2. The lowest BCUT2D eigenvalue weighted by Crippen LogP contribution is -2.35. The summed E-state index contributed by atoms with van der Waals surface area (Å²) < 4.78 is 0. The van der Waals surface area contributed by atoms with Crippen molar-refractivity contribution in [3.05, 3.63) is 12.7 Å². The molecule has 4 rings (SSSR count). The second kappa shape index (κ2) is 3.91. The topological polar surface area (TPSA) is 95.0 Å². The van der Waals surface area contributed by atoms with Crippen LogP contribution in [0.15, 0.2) is 12.7 Å². The number of hydrogen-bond acceptors (Lipinski definition) is 5. The van der Waals surface area contributed by atoms with Crippen LogP contribution in [0, 0.1) is 11.3 Å². The maximum absolute atomic E-state index is 11.7. The summed E-state index contributed by atoms with van der Waals surface area (Å²) in [7, 11) is 0. The van der Waals surface area contributed by atoms with Gasteiger partial charge in [-0.15, -0.1) is 0 Å². The average molecular weight is 273 g/mol. The van der Waals surface area contributed by atoms with E-state index >= 15 is 0 Å². The summed E-state index contributed by atoms with van der Waals surface area (Å²) >= 11 is 0. The van der Waals surface area contributed by atoms with Gasteiger partial charge in [0.1, 0.15) is 11.8 Å². The minimum absolute atomic E-state index is 0.216. The Morgan fingerprint density at radius 1 is 1.45 bits per heavy atom. The van der Waals surface area contributed by atoms with Gasteiger partial charge < -0.3 is 15.0 Å². The van der Waals surface area contributed by atoms with Crippen molar-refractivity contribution in [3.8, 4) is 0 Å². The first kappa shape index (κ1) is 11.6. The Labute approximate surface area is 115 Å². The molecule has 1 aliphatic heterocycles. The number of aromatic amines is 1. The molecule has 7 nitrogen and oxygen atoms in total. The molecule has 2 aromatic heterocycles. The molecular formula is C13H15N5O2. The fourth-order valence-electron chi connectivity index (χ4n) is 3.79. The van der Waals surface area contributed by atoms with Crippen molar-refractivity contribution in [1.82, 2.24) is 19.9 Å². The number of carboxylic acid groups (broad SMARTS) is 1. The van der Waals surface area contributed by atoms with Crippen LogP contribution in [0.4, 0.5) is 5.82 Å². The number of aromatic nitrogens is 4. The Balaban J connectivity index is 1.75. The number of imidazole rings is 1. The van der Waals surface area contributed by atoms with Crippen LogP contribution < -0.4 is 4.90 Å². The van der Waals surface area contributed by atoms with Gasteiger partial charge in [0.25, 0.3) is 0 Å². The van der Waals surface area contributed by atoms with Gasteiger partial charge in [-0.3, -0.25) is 4.79 Å². The molecule has 2 N–H and O–H groups in total. The third-order valence-corrected chi connectivity index (χ3v) is 4.80. The Hall–Kier alpha value is -2.18. The van der Waals surface area contributed by atoms with Crippen molar-refractivity contribution in [1.29, 1.82) is 0 Å². The molecule has 0 radical (unpaired) electrons.